The van der Waals surface area contributed by atoms with Crippen molar-refractivity contribution >= 4 is 27.3 Å². The number of carboxylic acids is 1. The quantitative estimate of drug-likeness (QED) is 0.317. The van der Waals surface area contributed by atoms with Gasteiger partial charge in [-0.1, -0.05) is 32.0 Å². The van der Waals surface area contributed by atoms with E-state index in [4.69, 9.17) is 14.9 Å². The molecule has 6 rings (SSSR count). The van der Waals surface area contributed by atoms with E-state index in [9.17, 15) is 18.3 Å². The van der Waals surface area contributed by atoms with Gasteiger partial charge in [-0.15, -0.1) is 0 Å². The first-order chi connectivity index (χ1) is 19.1. The topological polar surface area (TPSA) is 131 Å². The average molecular weight is 574 g/mol. The van der Waals surface area contributed by atoms with E-state index in [1.54, 1.807) is 24.3 Å². The summed E-state index contributed by atoms with van der Waals surface area (Å²) in [6, 6.07) is 12.7. The lowest BCUT2D eigenvalue weighted by Crippen LogP contribution is -2.39. The average Bonchev–Trinajstić information content (AvgIpc) is 2.83. The second-order valence-corrected chi connectivity index (χ2v) is 14.5. The van der Waals surface area contributed by atoms with Crippen LogP contribution >= 0.6 is 0 Å². The van der Waals surface area contributed by atoms with E-state index in [2.05, 4.69) is 32.2 Å². The van der Waals surface area contributed by atoms with Crippen LogP contribution in [0.5, 0.6) is 11.5 Å². The molecule has 3 aliphatic heterocycles. The van der Waals surface area contributed by atoms with Crippen LogP contribution in [-0.2, 0) is 10.0 Å². The molecule has 2 atom stereocenters. The molecule has 0 amide bonds. The van der Waals surface area contributed by atoms with Crippen molar-refractivity contribution in [1.82, 2.24) is 0 Å². The first kappa shape index (κ1) is 27.5. The second kappa shape index (κ2) is 8.90. The lowest BCUT2D eigenvalue weighted by molar-refractivity contribution is 0.0696. The SMILES string of the molecule is CC1CC(C)(C)Nc2cc3c(cc21)C(c1ccccc1C(=O)O)=c1cc2c(c(S(N)(=O)=O)c1O3)=NC(C)(C)CC2C. The number of nitrogens with two attached hydrogens (primary N) is 1. The lowest BCUT2D eigenvalue weighted by Gasteiger charge is -2.38. The summed E-state index contributed by atoms with van der Waals surface area (Å²) in [6.45, 7) is 12.4. The highest BCUT2D eigenvalue weighted by molar-refractivity contribution is 7.89. The number of carbonyl (C=O) groups is 1. The van der Waals surface area contributed by atoms with Crippen LogP contribution in [-0.4, -0.2) is 30.6 Å². The molecule has 0 spiro atoms. The summed E-state index contributed by atoms with van der Waals surface area (Å²) in [5.74, 6) is -0.362. The minimum absolute atomic E-state index is 0.0179. The fourth-order valence-corrected chi connectivity index (χ4v) is 7.86. The largest absolute Gasteiger partial charge is 0.478 e. The molecule has 214 valence electrons. The number of carboxylic acid groups (broad SMARTS) is 1. The van der Waals surface area contributed by atoms with Gasteiger partial charge in [0, 0.05) is 33.6 Å². The maximum absolute atomic E-state index is 13.3. The van der Waals surface area contributed by atoms with Crippen molar-refractivity contribution in [2.75, 3.05) is 5.32 Å². The predicted octanol–water partition coefficient (Wildman–Crippen LogP) is 4.99. The van der Waals surface area contributed by atoms with Gasteiger partial charge in [0.25, 0.3) is 0 Å². The van der Waals surface area contributed by atoms with E-state index in [0.29, 0.717) is 39.4 Å². The third-order valence-corrected chi connectivity index (χ3v) is 9.37. The van der Waals surface area contributed by atoms with Crippen molar-refractivity contribution in [2.45, 2.75) is 82.2 Å². The van der Waals surface area contributed by atoms with Gasteiger partial charge in [0.1, 0.15) is 5.75 Å². The fourth-order valence-electron chi connectivity index (χ4n) is 7.02. The maximum atomic E-state index is 13.3. The molecule has 0 fully saturated rings. The third-order valence-electron chi connectivity index (χ3n) is 8.42. The predicted molar refractivity (Wildman–Crippen MR) is 158 cm³/mol. The molecule has 0 radical (unpaired) electrons. The number of primary sulfonamides is 1. The maximum Gasteiger partial charge on any atom is 0.336 e. The van der Waals surface area contributed by atoms with Crippen molar-refractivity contribution in [3.05, 3.63) is 80.9 Å². The summed E-state index contributed by atoms with van der Waals surface area (Å²) in [6.07, 6.45) is 1.63. The van der Waals surface area contributed by atoms with E-state index < -0.39 is 21.5 Å². The summed E-state index contributed by atoms with van der Waals surface area (Å²) in [4.78, 5) is 17.1. The van der Waals surface area contributed by atoms with Crippen LogP contribution in [0.25, 0.3) is 5.57 Å². The Morgan fingerprint density at radius 2 is 1.71 bits per heavy atom. The molecule has 9 heteroatoms. The van der Waals surface area contributed by atoms with Crippen molar-refractivity contribution < 1.29 is 23.1 Å². The Bertz CT molecular complexity index is 1890. The third kappa shape index (κ3) is 4.51. The molecule has 2 unspecified atom stereocenters. The number of sulfonamides is 1. The molecule has 4 N–H and O–H groups in total. The molecule has 0 saturated carbocycles. The zero-order chi connectivity index (χ0) is 29.6. The molecule has 3 aromatic carbocycles. The molecule has 0 bridgehead atoms. The Hall–Kier alpha value is -3.69. The highest BCUT2D eigenvalue weighted by Gasteiger charge is 2.37. The van der Waals surface area contributed by atoms with E-state index in [1.165, 1.54) is 0 Å². The number of ether oxygens (including phenoxy) is 1. The number of hydrogen-bond donors (Lipinski definition) is 3. The van der Waals surface area contributed by atoms with E-state index in [1.807, 2.05) is 32.9 Å². The molecular weight excluding hydrogens is 538 g/mol. The van der Waals surface area contributed by atoms with Gasteiger partial charge in [0.2, 0.25) is 10.0 Å². The molecule has 3 aromatic rings. The number of benzene rings is 3. The summed E-state index contributed by atoms with van der Waals surface area (Å²) in [7, 11) is -4.30. The molecule has 3 aliphatic rings. The van der Waals surface area contributed by atoms with Gasteiger partial charge < -0.3 is 15.2 Å². The van der Waals surface area contributed by atoms with Crippen molar-refractivity contribution in [1.29, 1.82) is 0 Å². The van der Waals surface area contributed by atoms with E-state index >= 15 is 0 Å². The molecule has 41 heavy (non-hydrogen) atoms. The van der Waals surface area contributed by atoms with Crippen LogP contribution in [0.1, 0.15) is 98.8 Å². The van der Waals surface area contributed by atoms with Crippen LogP contribution in [0.2, 0.25) is 0 Å². The van der Waals surface area contributed by atoms with Gasteiger partial charge in [0.15, 0.2) is 10.6 Å². The van der Waals surface area contributed by atoms with E-state index in [0.717, 1.165) is 23.2 Å². The zero-order valence-corrected chi connectivity index (χ0v) is 24.9. The highest BCUT2D eigenvalue weighted by Crippen LogP contribution is 2.47. The van der Waals surface area contributed by atoms with Gasteiger partial charge in [-0.2, -0.15) is 0 Å². The molecule has 0 aromatic heterocycles. The zero-order valence-electron chi connectivity index (χ0n) is 24.1. The molecule has 3 heterocycles. The van der Waals surface area contributed by atoms with Crippen molar-refractivity contribution in [3.8, 4) is 11.5 Å². The van der Waals surface area contributed by atoms with Crippen LogP contribution in [0, 0.1) is 0 Å². The van der Waals surface area contributed by atoms with Gasteiger partial charge in [-0.3, -0.25) is 4.99 Å². The van der Waals surface area contributed by atoms with Gasteiger partial charge >= 0.3 is 5.97 Å². The van der Waals surface area contributed by atoms with E-state index in [-0.39, 0.29) is 33.6 Å². The molecular formula is C32H35N3O5S. The number of rotatable bonds is 3. The Balaban J connectivity index is 1.83. The van der Waals surface area contributed by atoms with Crippen LogP contribution in [0.4, 0.5) is 5.69 Å². The summed E-state index contributed by atoms with van der Waals surface area (Å²) in [5.41, 5.74) is 3.98. The number of aromatic carboxylic acids is 1. The fraction of sp³-hybridized carbons (Fsp3) is 0.375. The number of nitrogens with one attached hydrogen (secondary N) is 1. The molecule has 0 saturated heterocycles. The number of anilines is 1. The Morgan fingerprint density at radius 3 is 2.39 bits per heavy atom. The van der Waals surface area contributed by atoms with Gasteiger partial charge in [-0.25, -0.2) is 18.4 Å². The minimum Gasteiger partial charge on any atom is -0.478 e. The van der Waals surface area contributed by atoms with Crippen LogP contribution < -0.4 is 25.8 Å². The normalized spacial score (nSPS) is 21.7. The van der Waals surface area contributed by atoms with Gasteiger partial charge in [0.05, 0.1) is 16.5 Å². The minimum atomic E-state index is -4.30. The number of nitrogens with zero attached hydrogens (tertiary/aromatic N) is 1. The number of hydrogen-bond acceptors (Lipinski definition) is 6. The molecule has 0 aliphatic carbocycles. The summed E-state index contributed by atoms with van der Waals surface area (Å²) >= 11 is 0. The Morgan fingerprint density at radius 1 is 1.02 bits per heavy atom. The first-order valence-corrected chi connectivity index (χ1v) is 15.4. The lowest BCUT2D eigenvalue weighted by atomic mass is 9.79. The monoisotopic (exact) mass is 573 g/mol. The highest BCUT2D eigenvalue weighted by atomic mass is 32.2. The van der Waals surface area contributed by atoms with Crippen LogP contribution in [0.15, 0.2) is 52.4 Å². The standard InChI is InChI=1S/C32H35N3O5S/c1-16-14-31(3,4)34-24-13-25-22(11-20(16)24)26(18-9-7-8-10-19(18)30(36)37)23-12-21-17(2)15-32(5,6)35-27(21)29(28(23)40-25)41(33,38)39/h7-13,16-17,34H,14-15H2,1-6H3,(H,36,37)(H2,33,38,39). The summed E-state index contributed by atoms with van der Waals surface area (Å²) < 4.78 is 33.1. The summed E-state index contributed by atoms with van der Waals surface area (Å²) in [5, 5.41) is 20.5. The van der Waals surface area contributed by atoms with Crippen molar-refractivity contribution in [2.24, 2.45) is 10.1 Å². The molecule has 8 nitrogen and oxygen atoms in total. The Labute approximate surface area is 240 Å². The first-order valence-electron chi connectivity index (χ1n) is 13.9. The second-order valence-electron chi connectivity index (χ2n) is 13.0. The van der Waals surface area contributed by atoms with Crippen molar-refractivity contribution in [3.63, 3.8) is 0 Å². The van der Waals surface area contributed by atoms with Crippen LogP contribution in [0.3, 0.4) is 0 Å². The van der Waals surface area contributed by atoms with Gasteiger partial charge in [-0.05, 0) is 87.3 Å². The number of fused-ring (bicyclic) bond motifs is 4. The smallest absolute Gasteiger partial charge is 0.336 e. The Kier molecular flexibility index (Phi) is 5.97.